The molecule has 9 heteroatoms. The fourth-order valence-electron chi connectivity index (χ4n) is 4.38. The van der Waals surface area contributed by atoms with Crippen LogP contribution in [0.15, 0.2) is 48.9 Å². The third-order valence-electron chi connectivity index (χ3n) is 6.32. The van der Waals surface area contributed by atoms with Crippen LogP contribution >= 0.6 is 11.9 Å². The molecule has 198 valence electrons. The average Bonchev–Trinajstić information content (AvgIpc) is 3.35. The molecule has 1 saturated heterocycles. The molecule has 0 atom stereocenters. The van der Waals surface area contributed by atoms with Crippen molar-refractivity contribution in [3.05, 3.63) is 60.2 Å². The van der Waals surface area contributed by atoms with Gasteiger partial charge in [-0.25, -0.2) is 4.79 Å². The van der Waals surface area contributed by atoms with E-state index in [-0.39, 0.29) is 11.9 Å². The zero-order valence-corrected chi connectivity index (χ0v) is 23.0. The van der Waals surface area contributed by atoms with Gasteiger partial charge in [0, 0.05) is 54.8 Å². The molecular weight excluding hydrogens is 486 g/mol. The third kappa shape index (κ3) is 7.32. The molecule has 1 aliphatic heterocycles. The number of fused-ring (bicyclic) bond motifs is 1. The van der Waals surface area contributed by atoms with E-state index in [9.17, 15) is 9.59 Å². The van der Waals surface area contributed by atoms with Crippen LogP contribution in [0.1, 0.15) is 69.4 Å². The van der Waals surface area contributed by atoms with Crippen molar-refractivity contribution in [1.82, 2.24) is 24.0 Å². The van der Waals surface area contributed by atoms with Gasteiger partial charge in [-0.1, -0.05) is 49.6 Å². The van der Waals surface area contributed by atoms with E-state index in [1.165, 1.54) is 17.5 Å². The van der Waals surface area contributed by atoms with Gasteiger partial charge in [-0.15, -0.1) is 0 Å². The number of hydrogen-bond donors (Lipinski definition) is 0. The highest BCUT2D eigenvalue weighted by Crippen LogP contribution is 2.26. The Labute approximate surface area is 223 Å². The van der Waals surface area contributed by atoms with E-state index in [2.05, 4.69) is 21.3 Å². The maximum absolute atomic E-state index is 13.8. The molecule has 0 N–H and O–H groups in total. The maximum atomic E-state index is 13.8. The monoisotopic (exact) mass is 523 g/mol. The summed E-state index contributed by atoms with van der Waals surface area (Å²) in [4.78, 5) is 32.7. The number of pyridine rings is 1. The van der Waals surface area contributed by atoms with E-state index >= 15 is 0 Å². The number of piperidine rings is 1. The van der Waals surface area contributed by atoms with Crippen LogP contribution in [-0.2, 0) is 11.3 Å². The number of rotatable bonds is 8. The fraction of sp³-hybridized carbons (Fsp3) is 0.500. The van der Waals surface area contributed by atoms with E-state index in [1.807, 2.05) is 68.0 Å². The maximum Gasteiger partial charge on any atom is 0.435 e. The highest BCUT2D eigenvalue weighted by molar-refractivity contribution is 7.97. The number of ether oxygens (including phenoxy) is 1. The molecule has 0 bridgehead atoms. The first-order chi connectivity index (χ1) is 17.7. The average molecular weight is 524 g/mol. The Morgan fingerprint density at radius 1 is 1.14 bits per heavy atom. The zero-order chi connectivity index (χ0) is 26.4. The molecule has 0 aliphatic carbocycles. The lowest BCUT2D eigenvalue weighted by Gasteiger charge is -2.38. The van der Waals surface area contributed by atoms with Gasteiger partial charge >= 0.3 is 6.09 Å². The highest BCUT2D eigenvalue weighted by atomic mass is 32.2. The van der Waals surface area contributed by atoms with Crippen molar-refractivity contribution in [2.24, 2.45) is 0 Å². The SMILES string of the molecule is CCCCSN1CCC(N(Cc2cnn(C(=O)OC(C)(C)C)c2)C(=O)c2cc3ccccc3cn2)CC1. The second-order valence-corrected chi connectivity index (χ2v) is 11.7. The minimum atomic E-state index is -0.615. The molecule has 3 aromatic rings. The Bertz CT molecular complexity index is 1210. The van der Waals surface area contributed by atoms with Gasteiger partial charge in [0.1, 0.15) is 11.3 Å². The molecule has 0 unspecified atom stereocenters. The van der Waals surface area contributed by atoms with Gasteiger partial charge in [-0.2, -0.15) is 9.78 Å². The number of amides is 1. The summed E-state index contributed by atoms with van der Waals surface area (Å²) in [6.07, 6.45) is 8.69. The molecule has 4 rings (SSSR count). The first-order valence-electron chi connectivity index (χ1n) is 13.0. The number of unbranched alkanes of at least 4 members (excludes halogenated alkanes) is 1. The molecule has 37 heavy (non-hydrogen) atoms. The summed E-state index contributed by atoms with van der Waals surface area (Å²) in [5.74, 6) is 1.03. The summed E-state index contributed by atoms with van der Waals surface area (Å²) in [5.41, 5.74) is 0.591. The van der Waals surface area contributed by atoms with Crippen LogP contribution in [0, 0.1) is 0 Å². The Kier molecular flexibility index (Phi) is 8.87. The Morgan fingerprint density at radius 3 is 2.57 bits per heavy atom. The van der Waals surface area contributed by atoms with Crippen molar-refractivity contribution in [2.75, 3.05) is 18.8 Å². The molecule has 2 aromatic heterocycles. The van der Waals surface area contributed by atoms with Gasteiger partial charge < -0.3 is 9.64 Å². The number of carbonyl (C=O) groups is 2. The van der Waals surface area contributed by atoms with Gasteiger partial charge in [-0.3, -0.25) is 14.1 Å². The summed E-state index contributed by atoms with van der Waals surface area (Å²) in [6.45, 7) is 9.89. The molecule has 0 saturated carbocycles. The summed E-state index contributed by atoms with van der Waals surface area (Å²) >= 11 is 1.91. The molecule has 0 spiro atoms. The smallest absolute Gasteiger partial charge is 0.435 e. The van der Waals surface area contributed by atoms with Crippen molar-refractivity contribution in [3.63, 3.8) is 0 Å². The summed E-state index contributed by atoms with van der Waals surface area (Å²) in [5, 5.41) is 6.19. The van der Waals surface area contributed by atoms with Crippen LogP contribution in [-0.4, -0.2) is 66.5 Å². The first-order valence-corrected chi connectivity index (χ1v) is 14.0. The number of hydrogen-bond acceptors (Lipinski definition) is 7. The molecule has 3 heterocycles. The quantitative estimate of drug-likeness (QED) is 0.274. The molecule has 0 radical (unpaired) electrons. The van der Waals surface area contributed by atoms with E-state index in [4.69, 9.17) is 4.74 Å². The van der Waals surface area contributed by atoms with Gasteiger partial charge in [0.15, 0.2) is 0 Å². The van der Waals surface area contributed by atoms with E-state index < -0.39 is 11.7 Å². The number of nitrogens with zero attached hydrogens (tertiary/aromatic N) is 5. The Balaban J connectivity index is 1.53. The zero-order valence-electron chi connectivity index (χ0n) is 22.2. The second kappa shape index (κ2) is 12.1. The van der Waals surface area contributed by atoms with Crippen molar-refractivity contribution >= 4 is 34.7 Å². The molecule has 8 nitrogen and oxygen atoms in total. The van der Waals surface area contributed by atoms with Crippen LogP contribution in [0.4, 0.5) is 4.79 Å². The lowest BCUT2D eigenvalue weighted by Crippen LogP contribution is -2.46. The fourth-order valence-corrected chi connectivity index (χ4v) is 5.53. The largest absolute Gasteiger partial charge is 0.442 e. The van der Waals surface area contributed by atoms with Crippen LogP contribution in [0.25, 0.3) is 10.8 Å². The van der Waals surface area contributed by atoms with E-state index in [1.54, 1.807) is 18.6 Å². The van der Waals surface area contributed by atoms with Gasteiger partial charge in [0.05, 0.1) is 6.20 Å². The highest BCUT2D eigenvalue weighted by Gasteiger charge is 2.30. The minimum absolute atomic E-state index is 0.0775. The number of carbonyl (C=O) groups excluding carboxylic acids is 2. The lowest BCUT2D eigenvalue weighted by molar-refractivity contribution is 0.0514. The van der Waals surface area contributed by atoms with Crippen molar-refractivity contribution in [1.29, 1.82) is 0 Å². The Hall–Kier alpha value is -2.91. The number of benzene rings is 1. The van der Waals surface area contributed by atoms with Crippen LogP contribution in [0.2, 0.25) is 0 Å². The van der Waals surface area contributed by atoms with Crippen molar-refractivity contribution in [3.8, 4) is 0 Å². The third-order valence-corrected chi connectivity index (χ3v) is 7.52. The topological polar surface area (TPSA) is 80.6 Å². The number of aromatic nitrogens is 3. The molecule has 1 aliphatic rings. The predicted molar refractivity (Wildman–Crippen MR) is 147 cm³/mol. The molecule has 1 fully saturated rings. The van der Waals surface area contributed by atoms with E-state index in [0.29, 0.717) is 12.2 Å². The first kappa shape index (κ1) is 27.1. The normalized spacial score (nSPS) is 15.1. The standard InChI is InChI=1S/C28H37N5O3S/c1-5-6-15-37-31-13-11-24(12-14-31)32(19-21-17-30-33(20-21)27(35)36-28(2,3)4)26(34)25-16-22-9-7-8-10-23(22)18-29-25/h7-10,16-18,20,24H,5-6,11-15,19H2,1-4H3. The van der Waals surface area contributed by atoms with Crippen molar-refractivity contribution in [2.45, 2.75) is 71.6 Å². The van der Waals surface area contributed by atoms with Gasteiger partial charge in [0.2, 0.25) is 0 Å². The van der Waals surface area contributed by atoms with Crippen LogP contribution in [0.3, 0.4) is 0 Å². The molecule has 1 aromatic carbocycles. The minimum Gasteiger partial charge on any atom is -0.442 e. The molecule has 1 amide bonds. The summed E-state index contributed by atoms with van der Waals surface area (Å²) in [6, 6.07) is 9.86. The van der Waals surface area contributed by atoms with E-state index in [0.717, 1.165) is 48.0 Å². The van der Waals surface area contributed by atoms with Crippen LogP contribution < -0.4 is 0 Å². The molecular formula is C28H37N5O3S. The van der Waals surface area contributed by atoms with Crippen LogP contribution in [0.5, 0.6) is 0 Å². The summed E-state index contributed by atoms with van der Waals surface area (Å²) < 4.78 is 9.05. The Morgan fingerprint density at radius 2 is 1.86 bits per heavy atom. The van der Waals surface area contributed by atoms with Crippen molar-refractivity contribution < 1.29 is 14.3 Å². The predicted octanol–water partition coefficient (Wildman–Crippen LogP) is 5.77. The summed E-state index contributed by atoms with van der Waals surface area (Å²) in [7, 11) is 0. The van der Waals surface area contributed by atoms with Gasteiger partial charge in [-0.05, 0) is 51.5 Å². The van der Waals surface area contributed by atoms with Gasteiger partial charge in [0.25, 0.3) is 5.91 Å². The second-order valence-electron chi connectivity index (χ2n) is 10.5. The lowest BCUT2D eigenvalue weighted by atomic mass is 10.0.